The molecule has 2 aromatic rings. The molecule has 266 valence electrons. The molecule has 2 aliphatic rings. The zero-order valence-electron chi connectivity index (χ0n) is 28.7. The first-order valence-corrected chi connectivity index (χ1v) is 17.8. The third-order valence-corrected chi connectivity index (χ3v) is 8.75. The Hall–Kier alpha value is -3.93. The lowest BCUT2D eigenvalue weighted by Gasteiger charge is -2.29. The van der Waals surface area contributed by atoms with E-state index in [4.69, 9.17) is 25.5 Å². The third kappa shape index (κ3) is 12.8. The number of nitrogens with one attached hydrogen (secondary N) is 2. The molecule has 0 radical (unpaired) electrons. The van der Waals surface area contributed by atoms with Crippen molar-refractivity contribution in [2.45, 2.75) is 57.4 Å². The lowest BCUT2D eigenvalue weighted by molar-refractivity contribution is -0.129. The number of anilines is 1. The van der Waals surface area contributed by atoms with Crippen molar-refractivity contribution in [3.63, 3.8) is 0 Å². The highest BCUT2D eigenvalue weighted by Gasteiger charge is 2.32. The molecule has 1 fully saturated rings. The summed E-state index contributed by atoms with van der Waals surface area (Å²) in [7, 11) is 3.93. The van der Waals surface area contributed by atoms with Crippen molar-refractivity contribution >= 4 is 53.0 Å². The van der Waals surface area contributed by atoms with E-state index in [0.717, 1.165) is 43.5 Å². The van der Waals surface area contributed by atoms with Gasteiger partial charge in [0, 0.05) is 50.8 Å². The van der Waals surface area contributed by atoms with Gasteiger partial charge in [-0.3, -0.25) is 19.3 Å². The number of carbonyl (C=O) groups is 3. The second-order valence-electron chi connectivity index (χ2n) is 12.5. The minimum atomic E-state index is -0.350. The number of hydrogen-bond donors (Lipinski definition) is 2. The Morgan fingerprint density at radius 3 is 2.41 bits per heavy atom. The number of alkyl halides is 1. The number of halogens is 1. The molecule has 2 N–H and O–H groups in total. The highest BCUT2D eigenvalue weighted by atomic mass is 35.5. The Balaban J connectivity index is 1.19. The van der Waals surface area contributed by atoms with Crippen molar-refractivity contribution in [3.05, 3.63) is 65.8 Å². The van der Waals surface area contributed by atoms with Crippen molar-refractivity contribution in [1.82, 2.24) is 15.5 Å². The number of nitrogens with zero attached hydrogens (tertiary/aromatic N) is 3. The lowest BCUT2D eigenvalue weighted by Crippen LogP contribution is -2.46. The number of carbonyl (C=O) groups excluding carboxylic acids is 3. The molecule has 1 saturated carbocycles. The van der Waals surface area contributed by atoms with Crippen LogP contribution < -0.4 is 15.5 Å². The monoisotopic (exact) mass is 695 g/mol. The van der Waals surface area contributed by atoms with E-state index in [9.17, 15) is 14.4 Å². The maximum absolute atomic E-state index is 13.5. The van der Waals surface area contributed by atoms with E-state index >= 15 is 0 Å². The highest BCUT2D eigenvalue weighted by Crippen LogP contribution is 2.25. The molecule has 12 heteroatoms. The van der Waals surface area contributed by atoms with Crippen LogP contribution in [0.4, 0.5) is 5.69 Å². The number of benzene rings is 1. The molecule has 1 aromatic carbocycles. The molecule has 4 rings (SSSR count). The van der Waals surface area contributed by atoms with Crippen LogP contribution in [0.1, 0.15) is 62.7 Å². The van der Waals surface area contributed by atoms with Gasteiger partial charge >= 0.3 is 0 Å². The average molecular weight is 696 g/mol. The largest absolute Gasteiger partial charge is 0.465 e. The van der Waals surface area contributed by atoms with Gasteiger partial charge in [0.1, 0.15) is 23.8 Å². The fraction of sp³-hybridized carbons (Fsp3) is 0.514. The van der Waals surface area contributed by atoms with Crippen LogP contribution in [0.2, 0.25) is 0 Å². The summed E-state index contributed by atoms with van der Waals surface area (Å²) in [6.45, 7) is 2.50. The predicted octanol–water partition coefficient (Wildman–Crippen LogP) is 5.26. The van der Waals surface area contributed by atoms with Gasteiger partial charge in [0.2, 0.25) is 11.8 Å². The van der Waals surface area contributed by atoms with Gasteiger partial charge in [-0.2, -0.15) is 0 Å². The van der Waals surface area contributed by atoms with E-state index in [-0.39, 0.29) is 41.9 Å². The van der Waals surface area contributed by atoms with Crippen molar-refractivity contribution in [2.24, 2.45) is 10.9 Å². The first-order valence-electron chi connectivity index (χ1n) is 17.2. The predicted molar refractivity (Wildman–Crippen MR) is 193 cm³/mol. The Morgan fingerprint density at radius 1 is 0.980 bits per heavy atom. The molecule has 1 aromatic heterocycles. The smallest absolute Gasteiger partial charge is 0.278 e. The summed E-state index contributed by atoms with van der Waals surface area (Å²) < 4.78 is 16.5. The summed E-state index contributed by atoms with van der Waals surface area (Å²) >= 11 is 5.68. The number of furan rings is 1. The molecule has 0 bridgehead atoms. The summed E-state index contributed by atoms with van der Waals surface area (Å²) in [6, 6.07) is 11.3. The SMILES string of the molecule is CN(C)c1ccc(/C=C2N=C(/C=C/c3ccco3)N(CC(=O)NC3CCC(C(=O)NCCOCCOCCCCCCCl)CC3)C\2=O)cc1. The summed E-state index contributed by atoms with van der Waals surface area (Å²) in [6.07, 6.45) is 13.7. The zero-order valence-corrected chi connectivity index (χ0v) is 29.5. The van der Waals surface area contributed by atoms with Crippen LogP contribution in [0.3, 0.4) is 0 Å². The van der Waals surface area contributed by atoms with Gasteiger partial charge in [0.25, 0.3) is 5.91 Å². The fourth-order valence-electron chi connectivity index (χ4n) is 5.70. The van der Waals surface area contributed by atoms with Crippen LogP contribution in [0.15, 0.2) is 63.8 Å². The van der Waals surface area contributed by atoms with Crippen molar-refractivity contribution in [2.75, 3.05) is 64.4 Å². The first kappa shape index (κ1) is 37.9. The number of ether oxygens (including phenoxy) is 2. The first-order chi connectivity index (χ1) is 23.8. The van der Waals surface area contributed by atoms with Crippen LogP contribution in [0.5, 0.6) is 0 Å². The van der Waals surface area contributed by atoms with Gasteiger partial charge in [0.15, 0.2) is 0 Å². The number of unbranched alkanes of at least 4 members (excludes halogenated alkanes) is 3. The maximum atomic E-state index is 13.5. The Labute approximate surface area is 294 Å². The third-order valence-electron chi connectivity index (χ3n) is 8.48. The van der Waals surface area contributed by atoms with E-state index in [1.807, 2.05) is 43.3 Å². The van der Waals surface area contributed by atoms with E-state index in [1.54, 1.807) is 36.6 Å². The molecule has 49 heavy (non-hydrogen) atoms. The van der Waals surface area contributed by atoms with Crippen LogP contribution >= 0.6 is 11.6 Å². The van der Waals surface area contributed by atoms with Gasteiger partial charge in [0.05, 0.1) is 26.1 Å². The van der Waals surface area contributed by atoms with Crippen LogP contribution in [-0.4, -0.2) is 94.0 Å². The number of amidine groups is 1. The van der Waals surface area contributed by atoms with Crippen molar-refractivity contribution in [1.29, 1.82) is 0 Å². The van der Waals surface area contributed by atoms with Crippen LogP contribution in [0, 0.1) is 5.92 Å². The average Bonchev–Trinajstić information content (AvgIpc) is 3.72. The molecule has 1 aliphatic heterocycles. The van der Waals surface area contributed by atoms with Gasteiger partial charge in [-0.05, 0) is 86.6 Å². The van der Waals surface area contributed by atoms with Gasteiger partial charge < -0.3 is 29.4 Å². The fourth-order valence-corrected chi connectivity index (χ4v) is 5.89. The quantitative estimate of drug-likeness (QED) is 0.110. The highest BCUT2D eigenvalue weighted by molar-refractivity contribution is 6.19. The number of aliphatic imine (C=N–C) groups is 1. The molecule has 11 nitrogen and oxygen atoms in total. The summed E-state index contributed by atoms with van der Waals surface area (Å²) in [5.74, 6) is 0.977. The molecule has 0 spiro atoms. The Morgan fingerprint density at radius 2 is 1.71 bits per heavy atom. The van der Waals surface area contributed by atoms with Crippen molar-refractivity contribution in [3.8, 4) is 0 Å². The molecular formula is C37H50ClN5O6. The molecule has 0 atom stereocenters. The van der Waals surface area contributed by atoms with Crippen molar-refractivity contribution < 1.29 is 28.3 Å². The summed E-state index contributed by atoms with van der Waals surface area (Å²) in [5, 5.41) is 6.03. The summed E-state index contributed by atoms with van der Waals surface area (Å²) in [5.41, 5.74) is 2.12. The maximum Gasteiger partial charge on any atom is 0.278 e. The molecular weight excluding hydrogens is 646 g/mol. The minimum Gasteiger partial charge on any atom is -0.465 e. The second-order valence-corrected chi connectivity index (χ2v) is 12.8. The molecule has 3 amide bonds. The van der Waals surface area contributed by atoms with E-state index in [0.29, 0.717) is 69.5 Å². The van der Waals surface area contributed by atoms with Crippen LogP contribution in [-0.2, 0) is 23.9 Å². The van der Waals surface area contributed by atoms with E-state index < -0.39 is 0 Å². The summed E-state index contributed by atoms with van der Waals surface area (Å²) in [4.78, 5) is 47.3. The number of hydrogen-bond acceptors (Lipinski definition) is 8. The molecule has 0 unspecified atom stereocenters. The van der Waals surface area contributed by atoms with E-state index in [1.165, 1.54) is 4.90 Å². The molecule has 0 saturated heterocycles. The topological polar surface area (TPSA) is 126 Å². The van der Waals surface area contributed by atoms with E-state index in [2.05, 4.69) is 15.6 Å². The number of amides is 3. The molecule has 1 aliphatic carbocycles. The lowest BCUT2D eigenvalue weighted by atomic mass is 9.85. The Kier molecular flexibility index (Phi) is 15.9. The van der Waals surface area contributed by atoms with Gasteiger partial charge in [-0.15, -0.1) is 11.6 Å². The molecule has 2 heterocycles. The standard InChI is InChI=1S/C37H50ClN5O6/c1-42(2)31-15-9-28(10-16-31)26-33-37(46)43(34(41-33)18-17-32-8-7-22-49-32)27-35(44)40-30-13-11-29(12-14-30)36(45)39-20-23-48-25-24-47-21-6-4-3-5-19-38/h7-10,15-18,22,26,29-30H,3-6,11-14,19-21,23-25,27H2,1-2H3,(H,39,45)(H,40,44)/b18-17+,33-26-. The van der Waals surface area contributed by atoms with Gasteiger partial charge in [-0.1, -0.05) is 25.0 Å². The Bertz CT molecular complexity index is 1420. The van der Waals surface area contributed by atoms with Crippen LogP contribution in [0.25, 0.3) is 12.2 Å². The normalized spacial score (nSPS) is 18.7. The minimum absolute atomic E-state index is 0.0177. The second kappa shape index (κ2) is 20.6. The van der Waals surface area contributed by atoms with Gasteiger partial charge in [-0.25, -0.2) is 4.99 Å². The number of rotatable bonds is 20. The zero-order chi connectivity index (χ0) is 34.8.